The van der Waals surface area contributed by atoms with Crippen molar-refractivity contribution in [2.75, 3.05) is 0 Å². The smallest absolute Gasteiger partial charge is 0.243 e. The first kappa shape index (κ1) is 20.9. The molecule has 1 saturated heterocycles. The Labute approximate surface area is 179 Å². The van der Waals surface area contributed by atoms with E-state index in [1.807, 2.05) is 24.3 Å². The summed E-state index contributed by atoms with van der Waals surface area (Å²) >= 11 is 6.74. The Morgan fingerprint density at radius 2 is 1.11 bits per heavy atom. The van der Waals surface area contributed by atoms with Crippen molar-refractivity contribution in [3.8, 4) is 0 Å². The summed E-state index contributed by atoms with van der Waals surface area (Å²) in [4.78, 5) is 23.2. The maximum Gasteiger partial charge on any atom is 0.243 e. The molecule has 3 rings (SSSR count). The molecule has 7 nitrogen and oxygen atoms in total. The van der Waals surface area contributed by atoms with Crippen LogP contribution in [0.15, 0.2) is 57.5 Å². The molecule has 0 spiro atoms. The summed E-state index contributed by atoms with van der Waals surface area (Å²) in [6, 6.07) is 10.8. The van der Waals surface area contributed by atoms with Crippen LogP contribution < -0.4 is 5.32 Å². The number of nitrogens with one attached hydrogen (secondary N) is 1. The predicted octanol–water partition coefficient (Wildman–Crippen LogP) is 4.91. The standard InChI is InChI=1S/C19H19Br2N3O4/c1-19(2)17(23(25)26)15(11-3-7-13(20)8-4-11)22-16(18(19)24(27)28)12-5-9-14(21)10-6-12/h3-10,15-18,22H,1-2H3/t15-,16-,17+,18+/m1/s1. The van der Waals surface area contributed by atoms with Gasteiger partial charge in [-0.15, -0.1) is 0 Å². The summed E-state index contributed by atoms with van der Waals surface area (Å²) in [6.45, 7) is 3.24. The van der Waals surface area contributed by atoms with Gasteiger partial charge in [0, 0.05) is 18.8 Å². The van der Waals surface area contributed by atoms with E-state index in [-0.39, 0.29) is 0 Å². The number of rotatable bonds is 4. The molecule has 0 amide bonds. The maximum absolute atomic E-state index is 12.0. The molecule has 2 aromatic carbocycles. The molecule has 1 aliphatic rings. The normalized spacial score (nSPS) is 26.6. The monoisotopic (exact) mass is 511 g/mol. The molecular weight excluding hydrogens is 494 g/mol. The number of halogens is 2. The van der Waals surface area contributed by atoms with Crippen molar-refractivity contribution >= 4 is 31.9 Å². The Hall–Kier alpha value is -1.84. The Balaban J connectivity index is 2.14. The maximum atomic E-state index is 12.0. The molecule has 1 N–H and O–H groups in total. The molecule has 148 valence electrons. The van der Waals surface area contributed by atoms with E-state index >= 15 is 0 Å². The molecule has 0 saturated carbocycles. The van der Waals surface area contributed by atoms with Gasteiger partial charge in [-0.1, -0.05) is 56.1 Å². The highest BCUT2D eigenvalue weighted by molar-refractivity contribution is 9.10. The van der Waals surface area contributed by atoms with E-state index in [0.717, 1.165) is 20.1 Å². The zero-order chi connectivity index (χ0) is 20.6. The van der Waals surface area contributed by atoms with Crippen molar-refractivity contribution < 1.29 is 9.85 Å². The van der Waals surface area contributed by atoms with Crippen LogP contribution in [0.4, 0.5) is 0 Å². The molecule has 2 aromatic rings. The molecule has 9 heteroatoms. The van der Waals surface area contributed by atoms with Gasteiger partial charge in [-0.25, -0.2) is 0 Å². The minimum atomic E-state index is -1.19. The van der Waals surface area contributed by atoms with Gasteiger partial charge in [0.25, 0.3) is 0 Å². The van der Waals surface area contributed by atoms with E-state index < -0.39 is 39.4 Å². The summed E-state index contributed by atoms with van der Waals surface area (Å²) < 4.78 is 1.72. The Kier molecular flexibility index (Phi) is 5.88. The van der Waals surface area contributed by atoms with Crippen molar-refractivity contribution in [1.29, 1.82) is 0 Å². The molecule has 0 aromatic heterocycles. The predicted molar refractivity (Wildman–Crippen MR) is 112 cm³/mol. The number of nitro groups is 2. The van der Waals surface area contributed by atoms with Crippen molar-refractivity contribution in [1.82, 2.24) is 5.32 Å². The van der Waals surface area contributed by atoms with Crippen LogP contribution in [0.5, 0.6) is 0 Å². The third-order valence-corrected chi connectivity index (χ3v) is 6.49. The summed E-state index contributed by atoms with van der Waals surface area (Å²) in [5, 5.41) is 27.2. The van der Waals surface area contributed by atoms with Crippen molar-refractivity contribution in [3.63, 3.8) is 0 Å². The molecule has 1 aliphatic heterocycles. The van der Waals surface area contributed by atoms with Gasteiger partial charge < -0.3 is 0 Å². The quantitative estimate of drug-likeness (QED) is 0.463. The summed E-state index contributed by atoms with van der Waals surface area (Å²) in [7, 11) is 0. The highest BCUT2D eigenvalue weighted by atomic mass is 79.9. The zero-order valence-corrected chi connectivity index (χ0v) is 18.4. The fourth-order valence-electron chi connectivity index (χ4n) is 4.09. The topological polar surface area (TPSA) is 98.3 Å². The van der Waals surface area contributed by atoms with Crippen molar-refractivity contribution in [2.45, 2.75) is 38.0 Å². The highest BCUT2D eigenvalue weighted by Crippen LogP contribution is 2.47. The number of benzene rings is 2. The van der Waals surface area contributed by atoms with Gasteiger partial charge in [-0.2, -0.15) is 0 Å². The lowest BCUT2D eigenvalue weighted by atomic mass is 9.66. The first-order valence-electron chi connectivity index (χ1n) is 8.67. The summed E-state index contributed by atoms with van der Waals surface area (Å²) in [6.07, 6.45) is 0. The second kappa shape index (κ2) is 7.88. The minimum Gasteiger partial charge on any atom is -0.291 e. The van der Waals surface area contributed by atoms with E-state index in [9.17, 15) is 20.2 Å². The molecule has 1 heterocycles. The molecule has 0 unspecified atom stereocenters. The molecular formula is C19H19Br2N3O4. The minimum absolute atomic E-state index is 0.395. The van der Waals surface area contributed by atoms with Crippen LogP contribution in [0, 0.1) is 25.6 Å². The van der Waals surface area contributed by atoms with Crippen molar-refractivity contribution in [3.05, 3.63) is 88.8 Å². The first-order chi connectivity index (χ1) is 13.1. The Morgan fingerprint density at radius 3 is 1.39 bits per heavy atom. The molecule has 1 fully saturated rings. The lowest BCUT2D eigenvalue weighted by Gasteiger charge is -2.44. The lowest BCUT2D eigenvalue weighted by Crippen LogP contribution is -2.63. The molecule has 4 atom stereocenters. The van der Waals surface area contributed by atoms with E-state index in [2.05, 4.69) is 37.2 Å². The number of hydrogen-bond acceptors (Lipinski definition) is 5. The molecule has 0 bridgehead atoms. The van der Waals surface area contributed by atoms with Crippen LogP contribution in [-0.2, 0) is 0 Å². The third-order valence-electron chi connectivity index (χ3n) is 5.43. The zero-order valence-electron chi connectivity index (χ0n) is 15.2. The second-order valence-corrected chi connectivity index (χ2v) is 9.34. The van der Waals surface area contributed by atoms with Crippen molar-refractivity contribution in [2.24, 2.45) is 5.41 Å². The highest BCUT2D eigenvalue weighted by Gasteiger charge is 2.62. The van der Waals surface area contributed by atoms with Gasteiger partial charge in [-0.05, 0) is 49.2 Å². The van der Waals surface area contributed by atoms with Crippen LogP contribution in [0.2, 0.25) is 0 Å². The summed E-state index contributed by atoms with van der Waals surface area (Å²) in [5.41, 5.74) is 0.261. The second-order valence-electron chi connectivity index (χ2n) is 7.51. The van der Waals surface area contributed by atoms with Crippen LogP contribution >= 0.6 is 31.9 Å². The van der Waals surface area contributed by atoms with Crippen LogP contribution in [0.3, 0.4) is 0 Å². The average molecular weight is 513 g/mol. The van der Waals surface area contributed by atoms with E-state index in [4.69, 9.17) is 0 Å². The fraction of sp³-hybridized carbons (Fsp3) is 0.368. The van der Waals surface area contributed by atoms with E-state index in [0.29, 0.717) is 0 Å². The SMILES string of the molecule is CC1(C)[C@@H]([N+](=O)[O-])[C@@H](c2ccc(Br)cc2)N[C@H](c2ccc(Br)cc2)[C@@H]1[N+](=O)[O-]. The lowest BCUT2D eigenvalue weighted by molar-refractivity contribution is -0.605. The molecule has 0 aliphatic carbocycles. The molecule has 0 radical (unpaired) electrons. The number of piperidine rings is 1. The van der Waals surface area contributed by atoms with Crippen LogP contribution in [0.25, 0.3) is 0 Å². The van der Waals surface area contributed by atoms with E-state index in [1.54, 1.807) is 38.1 Å². The van der Waals surface area contributed by atoms with Crippen LogP contribution in [0.1, 0.15) is 37.1 Å². The Bertz CT molecular complexity index is 816. The number of nitrogens with zero attached hydrogens (tertiary/aromatic N) is 2. The van der Waals surface area contributed by atoms with Gasteiger partial charge in [-0.3, -0.25) is 25.5 Å². The molecule has 28 heavy (non-hydrogen) atoms. The van der Waals surface area contributed by atoms with E-state index in [1.165, 1.54) is 0 Å². The van der Waals surface area contributed by atoms with Gasteiger partial charge >= 0.3 is 0 Å². The van der Waals surface area contributed by atoms with Crippen LogP contribution in [-0.4, -0.2) is 21.9 Å². The van der Waals surface area contributed by atoms with Gasteiger partial charge in [0.15, 0.2) is 0 Å². The summed E-state index contributed by atoms with van der Waals surface area (Å²) in [5.74, 6) is 0. The van der Waals surface area contributed by atoms with Gasteiger partial charge in [0.1, 0.15) is 17.5 Å². The fourth-order valence-corrected chi connectivity index (χ4v) is 4.62. The van der Waals surface area contributed by atoms with Gasteiger partial charge in [0.2, 0.25) is 12.1 Å². The number of hydrogen-bond donors (Lipinski definition) is 1. The first-order valence-corrected chi connectivity index (χ1v) is 10.3. The average Bonchev–Trinajstić information content (AvgIpc) is 2.60. The Morgan fingerprint density at radius 1 is 0.786 bits per heavy atom. The van der Waals surface area contributed by atoms with Gasteiger partial charge in [0.05, 0.1) is 0 Å². The largest absolute Gasteiger partial charge is 0.291 e. The third kappa shape index (κ3) is 3.83.